The minimum absolute atomic E-state index is 0.0143. The molecule has 0 saturated heterocycles. The van der Waals surface area contributed by atoms with Gasteiger partial charge < -0.3 is 9.47 Å². The molecule has 2 atom stereocenters. The summed E-state index contributed by atoms with van der Waals surface area (Å²) in [6.45, 7) is 5.90. The van der Waals surface area contributed by atoms with Crippen LogP contribution in [0.2, 0.25) is 10.0 Å². The molecule has 6 rings (SSSR count). The van der Waals surface area contributed by atoms with E-state index in [1.165, 1.54) is 125 Å². The van der Waals surface area contributed by atoms with Gasteiger partial charge in [-0.25, -0.2) is 9.97 Å². The summed E-state index contributed by atoms with van der Waals surface area (Å²) in [6.07, 6.45) is 7.36. The van der Waals surface area contributed by atoms with Gasteiger partial charge in [0.05, 0.1) is 0 Å². The number of halogens is 4. The van der Waals surface area contributed by atoms with Gasteiger partial charge in [0.25, 0.3) is 0 Å². The van der Waals surface area contributed by atoms with E-state index in [4.69, 9.17) is 64.2 Å². The lowest BCUT2D eigenvalue weighted by Crippen LogP contribution is -2.55. The summed E-state index contributed by atoms with van der Waals surface area (Å²) < 4.78 is 85.1. The molecule has 0 N–H and O–H groups in total. The van der Waals surface area contributed by atoms with Gasteiger partial charge in [-0.2, -0.15) is 25.2 Å². The number of imidazole rings is 2. The highest BCUT2D eigenvalue weighted by atomic mass is 35.5. The number of hydrogen-bond acceptors (Lipinski definition) is 12. The highest BCUT2D eigenvalue weighted by Crippen LogP contribution is 2.41. The summed E-state index contributed by atoms with van der Waals surface area (Å²) >= 11 is 24.7. The minimum atomic E-state index is -5.14. The number of carbonyl (C=O) groups excluding carboxylic acids is 2. The number of hydrogen-bond donors (Lipinski definition) is 0. The normalized spacial score (nSPS) is 14.6. The molecule has 0 radical (unpaired) electrons. The maximum Gasteiger partial charge on any atom is 0.377 e. The van der Waals surface area contributed by atoms with E-state index in [0.717, 1.165) is 33.9 Å². The van der Waals surface area contributed by atoms with Gasteiger partial charge in [-0.15, -0.1) is 23.2 Å². The van der Waals surface area contributed by atoms with Crippen LogP contribution in [0.5, 0.6) is 11.5 Å². The zero-order valence-electron chi connectivity index (χ0n) is 32.2. The molecule has 0 amide bonds. The Morgan fingerprint density at radius 2 is 0.933 bits per heavy atom. The van der Waals surface area contributed by atoms with Crippen LogP contribution >= 0.6 is 46.4 Å². The Balaban J connectivity index is 1.52. The molecule has 0 fully saturated rings. The SMILES string of the molecule is CC(C)(CCl)C(=O)C(Oc1ccc(Cl)cc1)(OS(=O)(=O)c1cccc2c(S(=O)(=O)OC(Oc3ccc(Cl)cc3)(C(=O)C(C)(C)CCl)n3ccnc3)cccc12)n1ccnc1. The lowest BCUT2D eigenvalue weighted by atomic mass is 9.88. The smallest absolute Gasteiger partial charge is 0.377 e. The molecule has 4 aromatic carbocycles. The van der Waals surface area contributed by atoms with E-state index in [-0.39, 0.29) is 34.0 Å². The van der Waals surface area contributed by atoms with Crippen molar-refractivity contribution in [3.63, 3.8) is 0 Å². The molecule has 0 aliphatic heterocycles. The van der Waals surface area contributed by atoms with Crippen molar-refractivity contribution in [2.24, 2.45) is 10.8 Å². The van der Waals surface area contributed by atoms with E-state index in [1.807, 2.05) is 0 Å². The van der Waals surface area contributed by atoms with E-state index >= 15 is 0 Å². The molecule has 2 aromatic heterocycles. The fourth-order valence-electron chi connectivity index (χ4n) is 5.87. The van der Waals surface area contributed by atoms with Crippen LogP contribution in [0.1, 0.15) is 27.7 Å². The number of rotatable bonds is 18. The standard InChI is InChI=1S/C40H36Cl4N4O10S2/c1-37(2,23-41)35(49)39(47-21-19-45-25-47,55-29-15-11-27(43)12-16-29)57-59(51,52)33-9-5-8-32-31(33)7-6-10-34(32)60(53,54)58-40(48-22-20-46-26-48,36(50)38(3,4)24-42)56-30-17-13-28(44)14-18-30/h5-22,25-26H,23-24H2,1-4H3. The van der Waals surface area contributed by atoms with Crippen molar-refractivity contribution in [1.29, 1.82) is 0 Å². The van der Waals surface area contributed by atoms with Crippen molar-refractivity contribution in [1.82, 2.24) is 19.1 Å². The van der Waals surface area contributed by atoms with Crippen LogP contribution in [-0.2, 0) is 50.0 Å². The summed E-state index contributed by atoms with van der Waals surface area (Å²) in [7, 11) is -10.3. The lowest BCUT2D eigenvalue weighted by Gasteiger charge is -2.37. The zero-order valence-corrected chi connectivity index (χ0v) is 36.8. The van der Waals surface area contributed by atoms with Gasteiger partial charge in [-0.1, -0.05) is 75.2 Å². The monoisotopic (exact) mass is 936 g/mol. The second kappa shape index (κ2) is 17.1. The van der Waals surface area contributed by atoms with Gasteiger partial charge in [-0.3, -0.25) is 18.7 Å². The molecule has 0 aliphatic carbocycles. The number of ketones is 2. The summed E-state index contributed by atoms with van der Waals surface area (Å²) in [5.41, 5.74) is -2.92. The number of Topliss-reactive ketones (excluding diaryl/α,β-unsaturated/α-hetero) is 2. The van der Waals surface area contributed by atoms with Crippen molar-refractivity contribution in [3.05, 3.63) is 132 Å². The maximum atomic E-state index is 14.7. The van der Waals surface area contributed by atoms with Gasteiger partial charge in [-0.05, 0) is 60.7 Å². The number of aromatic nitrogens is 4. The summed E-state index contributed by atoms with van der Waals surface area (Å²) in [6, 6.07) is 18.9. The summed E-state index contributed by atoms with van der Waals surface area (Å²) in [4.78, 5) is 35.9. The van der Waals surface area contributed by atoms with Gasteiger partial charge in [0.1, 0.15) is 33.9 Å². The molecule has 20 heteroatoms. The largest absolute Gasteiger partial charge is 0.437 e. The summed E-state index contributed by atoms with van der Waals surface area (Å²) in [5.74, 6) is -8.01. The Morgan fingerprint density at radius 3 is 1.23 bits per heavy atom. The van der Waals surface area contributed by atoms with Gasteiger partial charge >= 0.3 is 32.1 Å². The Bertz CT molecular complexity index is 2550. The molecule has 6 aromatic rings. The second-order valence-corrected chi connectivity index (χ2v) is 19.0. The molecule has 2 unspecified atom stereocenters. The van der Waals surface area contributed by atoms with Crippen LogP contribution in [-0.4, -0.2) is 59.3 Å². The van der Waals surface area contributed by atoms with Crippen molar-refractivity contribution < 1.29 is 44.3 Å². The van der Waals surface area contributed by atoms with Gasteiger partial charge in [0, 0.05) is 68.2 Å². The van der Waals surface area contributed by atoms with Crippen LogP contribution in [0.15, 0.2) is 132 Å². The molecule has 0 saturated carbocycles. The molecular formula is C40H36Cl4N4O10S2. The Hall–Kier alpha value is -4.52. The van der Waals surface area contributed by atoms with Gasteiger partial charge in [0.15, 0.2) is 0 Å². The van der Waals surface area contributed by atoms with E-state index in [2.05, 4.69) is 9.97 Å². The highest BCUT2D eigenvalue weighted by Gasteiger charge is 2.56. The second-order valence-electron chi connectivity index (χ2n) is 14.6. The van der Waals surface area contributed by atoms with Crippen LogP contribution in [0, 0.1) is 10.8 Å². The van der Waals surface area contributed by atoms with E-state index in [9.17, 15) is 26.4 Å². The third-order valence-electron chi connectivity index (χ3n) is 9.13. The zero-order chi connectivity index (χ0) is 43.7. The third kappa shape index (κ3) is 8.79. The molecule has 14 nitrogen and oxygen atoms in total. The maximum absolute atomic E-state index is 14.7. The highest BCUT2D eigenvalue weighted by molar-refractivity contribution is 7.87. The molecular weight excluding hydrogens is 902 g/mol. The number of benzene rings is 4. The van der Waals surface area contributed by atoms with Crippen molar-refractivity contribution >= 4 is 89.0 Å². The van der Waals surface area contributed by atoms with Crippen molar-refractivity contribution in [2.45, 2.75) is 49.3 Å². The lowest BCUT2D eigenvalue weighted by molar-refractivity contribution is -0.200. The minimum Gasteiger partial charge on any atom is -0.437 e. The average molecular weight is 939 g/mol. The topological polar surface area (TPSA) is 175 Å². The van der Waals surface area contributed by atoms with E-state index in [1.54, 1.807) is 0 Å². The molecule has 60 heavy (non-hydrogen) atoms. The Labute approximate surface area is 366 Å². The first-order valence-corrected chi connectivity index (χ1v) is 22.4. The molecule has 2 heterocycles. The molecule has 0 spiro atoms. The quantitative estimate of drug-likeness (QED) is 0.0458. The number of ether oxygens (including phenoxy) is 2. The first kappa shape index (κ1) is 45.0. The third-order valence-corrected chi connectivity index (χ3v) is 13.6. The first-order valence-electron chi connectivity index (χ1n) is 17.7. The van der Waals surface area contributed by atoms with Crippen LogP contribution in [0.4, 0.5) is 0 Å². The number of nitrogens with zero attached hydrogens (tertiary/aromatic N) is 4. The number of fused-ring (bicyclic) bond motifs is 1. The van der Waals surface area contributed by atoms with E-state index in [0.29, 0.717) is 10.0 Å². The fraction of sp³-hybridized carbons (Fsp3) is 0.250. The molecule has 0 bridgehead atoms. The predicted molar refractivity (Wildman–Crippen MR) is 224 cm³/mol. The van der Waals surface area contributed by atoms with Crippen LogP contribution < -0.4 is 9.47 Å². The van der Waals surface area contributed by atoms with Crippen LogP contribution in [0.3, 0.4) is 0 Å². The molecule has 0 aliphatic rings. The Morgan fingerprint density at radius 1 is 0.583 bits per heavy atom. The van der Waals surface area contributed by atoms with Crippen molar-refractivity contribution in [3.8, 4) is 11.5 Å². The summed E-state index contributed by atoms with van der Waals surface area (Å²) in [5, 5.41) is 0.286. The first-order chi connectivity index (χ1) is 28.2. The number of carbonyl (C=O) groups is 2. The average Bonchev–Trinajstić information content (AvgIpc) is 3.98. The fourth-order valence-corrected chi connectivity index (χ4v) is 8.92. The predicted octanol–water partition coefficient (Wildman–Crippen LogP) is 8.40. The van der Waals surface area contributed by atoms with E-state index < -0.39 is 64.2 Å². The number of alkyl halides is 2. The van der Waals surface area contributed by atoms with Crippen molar-refractivity contribution in [2.75, 3.05) is 11.8 Å². The van der Waals surface area contributed by atoms with Gasteiger partial charge in [0.2, 0.25) is 11.6 Å². The molecule has 316 valence electrons. The van der Waals surface area contributed by atoms with Crippen LogP contribution in [0.25, 0.3) is 10.8 Å². The Kier molecular flexibility index (Phi) is 12.8.